The summed E-state index contributed by atoms with van der Waals surface area (Å²) in [5.41, 5.74) is -3.52. The standard InChI is InChI=1S/C19H20O6/c20-13-18(22,17-24-11-16(21)12-25-17)19(23,14-7-3-1-4-8-14)15-9-5-2-6-10-15/h1-10,17,20,22-23H,11-13H2. The van der Waals surface area contributed by atoms with Gasteiger partial charge in [-0.3, -0.25) is 4.79 Å². The number of carbonyl (C=O) groups excluding carboxylic acids is 1. The molecule has 2 aromatic rings. The van der Waals surface area contributed by atoms with Crippen molar-refractivity contribution >= 4 is 5.78 Å². The number of ketones is 1. The average molecular weight is 344 g/mol. The summed E-state index contributed by atoms with van der Waals surface area (Å²) >= 11 is 0. The quantitative estimate of drug-likeness (QED) is 0.735. The summed E-state index contributed by atoms with van der Waals surface area (Å²) in [4.78, 5) is 11.4. The minimum Gasteiger partial charge on any atom is -0.393 e. The molecule has 1 aliphatic rings. The lowest BCUT2D eigenvalue weighted by atomic mass is 9.72. The van der Waals surface area contributed by atoms with E-state index in [4.69, 9.17) is 9.47 Å². The van der Waals surface area contributed by atoms with E-state index in [-0.39, 0.29) is 19.0 Å². The zero-order valence-corrected chi connectivity index (χ0v) is 13.5. The van der Waals surface area contributed by atoms with Gasteiger partial charge in [0.05, 0.1) is 6.61 Å². The first-order valence-corrected chi connectivity index (χ1v) is 7.94. The molecule has 1 heterocycles. The Labute approximate surface area is 145 Å². The lowest BCUT2D eigenvalue weighted by Crippen LogP contribution is -2.65. The maximum Gasteiger partial charge on any atom is 0.193 e. The van der Waals surface area contributed by atoms with Crippen LogP contribution in [0, 0.1) is 0 Å². The molecule has 3 N–H and O–H groups in total. The lowest BCUT2D eigenvalue weighted by molar-refractivity contribution is -0.304. The summed E-state index contributed by atoms with van der Waals surface area (Å²) in [5, 5.41) is 32.9. The van der Waals surface area contributed by atoms with Crippen LogP contribution >= 0.6 is 0 Å². The highest BCUT2D eigenvalue weighted by Gasteiger charge is 2.58. The van der Waals surface area contributed by atoms with Crippen LogP contribution in [0.3, 0.4) is 0 Å². The number of rotatable bonds is 5. The molecule has 1 unspecified atom stereocenters. The van der Waals surface area contributed by atoms with Crippen molar-refractivity contribution in [2.45, 2.75) is 17.5 Å². The van der Waals surface area contributed by atoms with Gasteiger partial charge in [-0.2, -0.15) is 0 Å². The summed E-state index contributed by atoms with van der Waals surface area (Å²) in [5.74, 6) is -0.278. The van der Waals surface area contributed by atoms with Crippen molar-refractivity contribution in [2.75, 3.05) is 19.8 Å². The van der Waals surface area contributed by atoms with Gasteiger partial charge < -0.3 is 24.8 Å². The van der Waals surface area contributed by atoms with Gasteiger partial charge in [0.1, 0.15) is 13.2 Å². The first-order chi connectivity index (χ1) is 12.0. The van der Waals surface area contributed by atoms with Gasteiger partial charge in [0, 0.05) is 0 Å². The second kappa shape index (κ2) is 7.03. The SMILES string of the molecule is O=C1COC(C(O)(CO)C(O)(c2ccccc2)c2ccccc2)OC1. The van der Waals surface area contributed by atoms with Crippen molar-refractivity contribution in [2.24, 2.45) is 0 Å². The Morgan fingerprint density at radius 2 is 1.32 bits per heavy atom. The van der Waals surface area contributed by atoms with E-state index >= 15 is 0 Å². The zero-order chi connectivity index (χ0) is 17.9. The molecule has 132 valence electrons. The largest absolute Gasteiger partial charge is 0.393 e. The zero-order valence-electron chi connectivity index (χ0n) is 13.5. The van der Waals surface area contributed by atoms with Crippen LogP contribution in [-0.2, 0) is 19.9 Å². The van der Waals surface area contributed by atoms with Gasteiger partial charge >= 0.3 is 0 Å². The van der Waals surface area contributed by atoms with E-state index in [1.165, 1.54) is 0 Å². The van der Waals surface area contributed by atoms with E-state index in [1.54, 1.807) is 60.7 Å². The minimum absolute atomic E-state index is 0.257. The van der Waals surface area contributed by atoms with Gasteiger partial charge in [0.2, 0.25) is 0 Å². The van der Waals surface area contributed by atoms with E-state index in [0.717, 1.165) is 0 Å². The fourth-order valence-electron chi connectivity index (χ4n) is 3.09. The number of carbonyl (C=O) groups is 1. The topological polar surface area (TPSA) is 96.2 Å². The molecular weight excluding hydrogens is 324 g/mol. The molecule has 0 amide bonds. The predicted octanol–water partition coefficient (Wildman–Crippen LogP) is 0.588. The highest BCUT2D eigenvalue weighted by molar-refractivity contribution is 5.81. The molecule has 1 atom stereocenters. The van der Waals surface area contributed by atoms with Crippen LogP contribution in [0.25, 0.3) is 0 Å². The van der Waals surface area contributed by atoms with Gasteiger partial charge in [0.15, 0.2) is 23.3 Å². The number of ether oxygens (including phenoxy) is 2. The molecule has 1 saturated heterocycles. The van der Waals surface area contributed by atoms with Crippen molar-refractivity contribution in [3.63, 3.8) is 0 Å². The highest BCUT2D eigenvalue weighted by atomic mass is 16.7. The Hall–Kier alpha value is -2.09. The molecular formula is C19H20O6. The molecule has 1 aliphatic heterocycles. The molecule has 0 bridgehead atoms. The van der Waals surface area contributed by atoms with Crippen molar-refractivity contribution in [1.82, 2.24) is 0 Å². The van der Waals surface area contributed by atoms with Crippen LogP contribution in [-0.4, -0.2) is 52.8 Å². The summed E-state index contributed by atoms with van der Waals surface area (Å²) in [6, 6.07) is 17.0. The number of hydrogen-bond acceptors (Lipinski definition) is 6. The maximum atomic E-state index is 11.6. The van der Waals surface area contributed by atoms with E-state index in [1.807, 2.05) is 0 Å². The first kappa shape index (κ1) is 17.7. The van der Waals surface area contributed by atoms with Crippen LogP contribution in [0.5, 0.6) is 0 Å². The average Bonchev–Trinajstić information content (AvgIpc) is 2.68. The second-order valence-corrected chi connectivity index (χ2v) is 6.02. The Bertz CT molecular complexity index is 668. The number of aliphatic hydroxyl groups is 3. The summed E-state index contributed by atoms with van der Waals surface area (Å²) in [6.45, 7) is -1.36. The number of hydrogen-bond donors (Lipinski definition) is 3. The summed E-state index contributed by atoms with van der Waals surface area (Å²) in [7, 11) is 0. The predicted molar refractivity (Wildman–Crippen MR) is 88.6 cm³/mol. The lowest BCUT2D eigenvalue weighted by Gasteiger charge is -2.47. The number of aliphatic hydroxyl groups excluding tert-OH is 1. The molecule has 0 saturated carbocycles. The van der Waals surface area contributed by atoms with Crippen LogP contribution in [0.1, 0.15) is 11.1 Å². The van der Waals surface area contributed by atoms with Crippen molar-refractivity contribution in [1.29, 1.82) is 0 Å². The number of benzene rings is 2. The third kappa shape index (κ3) is 2.99. The Morgan fingerprint density at radius 1 is 0.880 bits per heavy atom. The van der Waals surface area contributed by atoms with E-state index in [0.29, 0.717) is 11.1 Å². The third-order valence-electron chi connectivity index (χ3n) is 4.43. The van der Waals surface area contributed by atoms with Crippen molar-refractivity contribution < 1.29 is 29.6 Å². The van der Waals surface area contributed by atoms with Crippen molar-refractivity contribution in [3.05, 3.63) is 71.8 Å². The van der Waals surface area contributed by atoms with Gasteiger partial charge in [-0.05, 0) is 11.1 Å². The Morgan fingerprint density at radius 3 is 1.72 bits per heavy atom. The molecule has 6 nitrogen and oxygen atoms in total. The van der Waals surface area contributed by atoms with E-state index in [2.05, 4.69) is 0 Å². The van der Waals surface area contributed by atoms with E-state index < -0.39 is 24.1 Å². The monoisotopic (exact) mass is 344 g/mol. The molecule has 1 fully saturated rings. The molecule has 0 aliphatic carbocycles. The maximum absolute atomic E-state index is 11.6. The molecule has 2 aromatic carbocycles. The van der Waals surface area contributed by atoms with Crippen molar-refractivity contribution in [3.8, 4) is 0 Å². The Balaban J connectivity index is 2.14. The molecule has 0 radical (unpaired) electrons. The van der Waals surface area contributed by atoms with Crippen LogP contribution in [0.15, 0.2) is 60.7 Å². The van der Waals surface area contributed by atoms with Gasteiger partial charge in [0.25, 0.3) is 0 Å². The van der Waals surface area contributed by atoms with Gasteiger partial charge in [-0.15, -0.1) is 0 Å². The third-order valence-corrected chi connectivity index (χ3v) is 4.43. The minimum atomic E-state index is -2.23. The Kier molecular flexibility index (Phi) is 4.99. The first-order valence-electron chi connectivity index (χ1n) is 7.94. The van der Waals surface area contributed by atoms with Crippen LogP contribution in [0.4, 0.5) is 0 Å². The molecule has 6 heteroatoms. The van der Waals surface area contributed by atoms with Crippen LogP contribution in [0.2, 0.25) is 0 Å². The molecule has 25 heavy (non-hydrogen) atoms. The van der Waals surface area contributed by atoms with Gasteiger partial charge in [-0.1, -0.05) is 60.7 Å². The highest BCUT2D eigenvalue weighted by Crippen LogP contribution is 2.42. The molecule has 3 rings (SSSR count). The normalized spacial score (nSPS) is 18.8. The smallest absolute Gasteiger partial charge is 0.193 e. The van der Waals surface area contributed by atoms with Gasteiger partial charge in [-0.25, -0.2) is 0 Å². The second-order valence-electron chi connectivity index (χ2n) is 6.02. The van der Waals surface area contributed by atoms with E-state index in [9.17, 15) is 20.1 Å². The van der Waals surface area contributed by atoms with Crippen LogP contribution < -0.4 is 0 Å². The molecule has 0 aromatic heterocycles. The summed E-state index contributed by atoms with van der Waals surface area (Å²) in [6.07, 6.45) is -1.37. The number of Topliss-reactive ketones (excluding diaryl/α,β-unsaturated/α-hetero) is 1. The summed E-state index contributed by atoms with van der Waals surface area (Å²) < 4.78 is 10.6. The fourth-order valence-corrected chi connectivity index (χ4v) is 3.09. The fraction of sp³-hybridized carbons (Fsp3) is 0.316. The molecule has 0 spiro atoms.